The number of aliphatic hydroxyl groups is 1. The molecule has 0 rings (SSSR count). The molecule has 0 aliphatic heterocycles. The molecule has 0 amide bonds. The van der Waals surface area contributed by atoms with Crippen molar-refractivity contribution in [1.82, 2.24) is 5.32 Å². The van der Waals surface area contributed by atoms with Gasteiger partial charge in [-0.2, -0.15) is 0 Å². The van der Waals surface area contributed by atoms with Crippen molar-refractivity contribution in [3.63, 3.8) is 0 Å². The largest absolute Gasteiger partial charge is 0.379 e. The summed E-state index contributed by atoms with van der Waals surface area (Å²) in [6.45, 7) is 7.46. The number of hydrogen-bond acceptors (Lipinski definition) is 2. The van der Waals surface area contributed by atoms with Crippen LogP contribution in [0.15, 0.2) is 0 Å². The fourth-order valence-corrected chi connectivity index (χ4v) is 1.04. The van der Waals surface area contributed by atoms with E-state index >= 15 is 0 Å². The second-order valence-electron chi connectivity index (χ2n) is 3.79. The van der Waals surface area contributed by atoms with Crippen molar-refractivity contribution >= 4 is 0 Å². The van der Waals surface area contributed by atoms with Crippen LogP contribution in [0, 0.1) is 5.92 Å². The fourth-order valence-electron chi connectivity index (χ4n) is 1.04. The SMILES string of the molecule is CCCCC(O)NCCC(C)C. The standard InChI is InChI=1S/C10H23NO/c1-4-5-6-10(12)11-8-7-9(2)3/h9-12H,4-8H2,1-3H3. The Morgan fingerprint density at radius 3 is 2.42 bits per heavy atom. The van der Waals surface area contributed by atoms with Crippen LogP contribution in [0.25, 0.3) is 0 Å². The Labute approximate surface area is 76.4 Å². The van der Waals surface area contributed by atoms with Gasteiger partial charge in [-0.1, -0.05) is 27.2 Å². The molecule has 2 nitrogen and oxygen atoms in total. The van der Waals surface area contributed by atoms with Crippen LogP contribution in [0.2, 0.25) is 0 Å². The van der Waals surface area contributed by atoms with Crippen LogP contribution >= 0.6 is 0 Å². The van der Waals surface area contributed by atoms with E-state index in [-0.39, 0.29) is 6.23 Å². The predicted octanol–water partition coefficient (Wildman–Crippen LogP) is 2.13. The first-order valence-electron chi connectivity index (χ1n) is 5.08. The molecule has 2 heteroatoms. The molecule has 0 saturated carbocycles. The highest BCUT2D eigenvalue weighted by molar-refractivity contribution is 4.55. The average Bonchev–Trinajstić information content (AvgIpc) is 2.00. The molecule has 1 atom stereocenters. The minimum atomic E-state index is -0.288. The summed E-state index contributed by atoms with van der Waals surface area (Å²) in [5.74, 6) is 0.718. The van der Waals surface area contributed by atoms with E-state index in [1.165, 1.54) is 0 Å². The van der Waals surface area contributed by atoms with Gasteiger partial charge in [0.15, 0.2) is 0 Å². The quantitative estimate of drug-likeness (QED) is 0.578. The van der Waals surface area contributed by atoms with Gasteiger partial charge in [0, 0.05) is 0 Å². The number of aliphatic hydroxyl groups excluding tert-OH is 1. The molecule has 0 saturated heterocycles. The molecule has 1 unspecified atom stereocenters. The lowest BCUT2D eigenvalue weighted by Crippen LogP contribution is -2.30. The second-order valence-corrected chi connectivity index (χ2v) is 3.79. The molecular weight excluding hydrogens is 150 g/mol. The van der Waals surface area contributed by atoms with Gasteiger partial charge < -0.3 is 5.11 Å². The molecule has 0 bridgehead atoms. The Bertz CT molecular complexity index is 93.8. The Kier molecular flexibility index (Phi) is 7.51. The van der Waals surface area contributed by atoms with Gasteiger partial charge in [-0.25, -0.2) is 0 Å². The summed E-state index contributed by atoms with van der Waals surface area (Å²) in [4.78, 5) is 0. The lowest BCUT2D eigenvalue weighted by molar-refractivity contribution is 0.123. The van der Waals surface area contributed by atoms with Crippen LogP contribution in [-0.4, -0.2) is 17.9 Å². The predicted molar refractivity (Wildman–Crippen MR) is 53.0 cm³/mol. The molecule has 0 aromatic heterocycles. The average molecular weight is 173 g/mol. The normalized spacial score (nSPS) is 13.8. The van der Waals surface area contributed by atoms with E-state index in [1.54, 1.807) is 0 Å². The minimum absolute atomic E-state index is 0.288. The third-order valence-electron chi connectivity index (χ3n) is 1.93. The van der Waals surface area contributed by atoms with Crippen molar-refractivity contribution in [2.45, 2.75) is 52.7 Å². The van der Waals surface area contributed by atoms with Gasteiger partial charge in [-0.15, -0.1) is 0 Å². The van der Waals surface area contributed by atoms with Gasteiger partial charge in [0.25, 0.3) is 0 Å². The van der Waals surface area contributed by atoms with Crippen molar-refractivity contribution in [3.8, 4) is 0 Å². The molecule has 0 spiro atoms. The van der Waals surface area contributed by atoms with Crippen LogP contribution < -0.4 is 5.32 Å². The lowest BCUT2D eigenvalue weighted by atomic mass is 10.1. The van der Waals surface area contributed by atoms with Gasteiger partial charge in [0.05, 0.1) is 0 Å². The smallest absolute Gasteiger partial charge is 0.104 e. The minimum Gasteiger partial charge on any atom is -0.379 e. The van der Waals surface area contributed by atoms with E-state index in [0.717, 1.165) is 38.1 Å². The van der Waals surface area contributed by atoms with E-state index in [2.05, 4.69) is 26.1 Å². The highest BCUT2D eigenvalue weighted by Gasteiger charge is 2.01. The summed E-state index contributed by atoms with van der Waals surface area (Å²) >= 11 is 0. The molecule has 12 heavy (non-hydrogen) atoms. The highest BCUT2D eigenvalue weighted by atomic mass is 16.3. The lowest BCUT2D eigenvalue weighted by Gasteiger charge is -2.12. The molecule has 2 N–H and O–H groups in total. The van der Waals surface area contributed by atoms with Crippen LogP contribution in [0.1, 0.15) is 46.5 Å². The molecule has 0 fully saturated rings. The van der Waals surface area contributed by atoms with Gasteiger partial charge >= 0.3 is 0 Å². The summed E-state index contributed by atoms with van der Waals surface area (Å²) in [6, 6.07) is 0. The molecular formula is C10H23NO. The number of unbranched alkanes of at least 4 members (excludes halogenated alkanes) is 1. The van der Waals surface area contributed by atoms with Crippen LogP contribution in [0.3, 0.4) is 0 Å². The first kappa shape index (κ1) is 11.9. The van der Waals surface area contributed by atoms with E-state index in [1.807, 2.05) is 0 Å². The number of rotatable bonds is 7. The molecule has 0 aromatic rings. The Morgan fingerprint density at radius 2 is 1.92 bits per heavy atom. The maximum absolute atomic E-state index is 9.38. The third kappa shape index (κ3) is 8.02. The molecule has 0 aromatic carbocycles. The summed E-state index contributed by atoms with van der Waals surface area (Å²) in [5, 5.41) is 12.5. The van der Waals surface area contributed by atoms with Crippen LogP contribution in [-0.2, 0) is 0 Å². The molecule has 0 radical (unpaired) electrons. The number of hydrogen-bond donors (Lipinski definition) is 2. The fraction of sp³-hybridized carbons (Fsp3) is 1.00. The van der Waals surface area contributed by atoms with E-state index in [4.69, 9.17) is 0 Å². The first-order chi connectivity index (χ1) is 5.66. The molecule has 0 aliphatic rings. The highest BCUT2D eigenvalue weighted by Crippen LogP contribution is 2.00. The first-order valence-corrected chi connectivity index (χ1v) is 5.08. The van der Waals surface area contributed by atoms with Gasteiger partial charge in [-0.3, -0.25) is 5.32 Å². The zero-order chi connectivity index (χ0) is 9.40. The van der Waals surface area contributed by atoms with Gasteiger partial charge in [0.2, 0.25) is 0 Å². The van der Waals surface area contributed by atoms with Gasteiger partial charge in [0.1, 0.15) is 6.23 Å². The second kappa shape index (κ2) is 7.56. The summed E-state index contributed by atoms with van der Waals surface area (Å²) in [6.07, 6.45) is 4.00. The van der Waals surface area contributed by atoms with E-state index in [0.29, 0.717) is 0 Å². The van der Waals surface area contributed by atoms with Crippen molar-refractivity contribution < 1.29 is 5.11 Å². The molecule has 74 valence electrons. The van der Waals surface area contributed by atoms with E-state index in [9.17, 15) is 5.11 Å². The number of nitrogens with one attached hydrogen (secondary N) is 1. The Balaban J connectivity index is 3.13. The van der Waals surface area contributed by atoms with Crippen LogP contribution in [0.4, 0.5) is 0 Å². The maximum Gasteiger partial charge on any atom is 0.104 e. The summed E-state index contributed by atoms with van der Waals surface area (Å²) in [5.41, 5.74) is 0. The van der Waals surface area contributed by atoms with E-state index < -0.39 is 0 Å². The molecule has 0 aliphatic carbocycles. The maximum atomic E-state index is 9.38. The topological polar surface area (TPSA) is 32.3 Å². The monoisotopic (exact) mass is 173 g/mol. The summed E-state index contributed by atoms with van der Waals surface area (Å²) in [7, 11) is 0. The summed E-state index contributed by atoms with van der Waals surface area (Å²) < 4.78 is 0. The van der Waals surface area contributed by atoms with Crippen molar-refractivity contribution in [2.75, 3.05) is 6.54 Å². The molecule has 0 heterocycles. The van der Waals surface area contributed by atoms with Crippen LogP contribution in [0.5, 0.6) is 0 Å². The van der Waals surface area contributed by atoms with Gasteiger partial charge in [-0.05, 0) is 31.7 Å². The zero-order valence-corrected chi connectivity index (χ0v) is 8.64. The zero-order valence-electron chi connectivity index (χ0n) is 8.64. The van der Waals surface area contributed by atoms with Crippen molar-refractivity contribution in [2.24, 2.45) is 5.92 Å². The van der Waals surface area contributed by atoms with Crippen molar-refractivity contribution in [1.29, 1.82) is 0 Å². The Morgan fingerprint density at radius 1 is 1.25 bits per heavy atom. The van der Waals surface area contributed by atoms with Crippen molar-refractivity contribution in [3.05, 3.63) is 0 Å². The third-order valence-corrected chi connectivity index (χ3v) is 1.93. The Hall–Kier alpha value is -0.0800.